The molecule has 14 heavy (non-hydrogen) atoms. The Balaban J connectivity index is 2.46. The van der Waals surface area contributed by atoms with Gasteiger partial charge >= 0.3 is 0 Å². The molecule has 0 aliphatic heterocycles. The van der Waals surface area contributed by atoms with Crippen LogP contribution in [0.4, 0.5) is 0 Å². The van der Waals surface area contributed by atoms with Crippen LogP contribution in [0.15, 0.2) is 12.8 Å². The van der Waals surface area contributed by atoms with E-state index in [4.69, 9.17) is 0 Å². The first-order valence-electron chi connectivity index (χ1n) is 5.81. The Morgan fingerprint density at radius 2 is 2.07 bits per heavy atom. The molecule has 1 atom stereocenters. The van der Waals surface area contributed by atoms with E-state index < -0.39 is 0 Å². The Morgan fingerprint density at radius 3 is 2.57 bits per heavy atom. The lowest BCUT2D eigenvalue weighted by Crippen LogP contribution is -2.37. The molecule has 1 aliphatic carbocycles. The molecule has 1 rings (SSSR count). The number of thioether (sulfide) groups is 1. The maximum Gasteiger partial charge on any atom is 0.0719 e. The van der Waals surface area contributed by atoms with Crippen LogP contribution in [0.2, 0.25) is 0 Å². The van der Waals surface area contributed by atoms with Crippen molar-refractivity contribution < 1.29 is 0 Å². The fraction of sp³-hybridized carbons (Fsp3) is 0.833. The molecule has 0 N–H and O–H groups in total. The maximum absolute atomic E-state index is 3.95. The lowest BCUT2D eigenvalue weighted by Gasteiger charge is -2.37. The summed E-state index contributed by atoms with van der Waals surface area (Å²) in [5, 5.41) is 0.598. The molecule has 82 valence electrons. The molecule has 0 amide bonds. The molecule has 0 saturated heterocycles. The van der Waals surface area contributed by atoms with Gasteiger partial charge in [-0.15, -0.1) is 11.8 Å². The van der Waals surface area contributed by atoms with E-state index >= 15 is 0 Å². The highest BCUT2D eigenvalue weighted by molar-refractivity contribution is 7.99. The van der Waals surface area contributed by atoms with Crippen molar-refractivity contribution in [2.24, 2.45) is 0 Å². The predicted octanol–water partition coefficient (Wildman–Crippen LogP) is 3.86. The molecule has 0 aromatic rings. The van der Waals surface area contributed by atoms with Crippen LogP contribution >= 0.6 is 11.8 Å². The summed E-state index contributed by atoms with van der Waals surface area (Å²) in [5.41, 5.74) is 0. The van der Waals surface area contributed by atoms with Crippen LogP contribution in [0.3, 0.4) is 0 Å². The van der Waals surface area contributed by atoms with Gasteiger partial charge in [0, 0.05) is 6.04 Å². The van der Waals surface area contributed by atoms with E-state index in [9.17, 15) is 0 Å². The average molecular weight is 213 g/mol. The van der Waals surface area contributed by atoms with Crippen molar-refractivity contribution in [3.05, 3.63) is 12.8 Å². The molecule has 1 fully saturated rings. The third-order valence-electron chi connectivity index (χ3n) is 3.03. The van der Waals surface area contributed by atoms with Gasteiger partial charge < -0.3 is 4.90 Å². The first-order valence-corrected chi connectivity index (χ1v) is 6.86. The average Bonchev–Trinajstić information content (AvgIpc) is 2.21. The summed E-state index contributed by atoms with van der Waals surface area (Å²) in [6, 6.07) is 0.760. The molecule has 0 spiro atoms. The smallest absolute Gasteiger partial charge is 0.0719 e. The second-order valence-corrected chi connectivity index (χ2v) is 5.57. The van der Waals surface area contributed by atoms with Crippen molar-refractivity contribution in [1.29, 1.82) is 0 Å². The van der Waals surface area contributed by atoms with Gasteiger partial charge in [0.15, 0.2) is 0 Å². The summed E-state index contributed by atoms with van der Waals surface area (Å²) < 4.78 is 0. The first-order chi connectivity index (χ1) is 6.79. The van der Waals surface area contributed by atoms with E-state index in [-0.39, 0.29) is 0 Å². The van der Waals surface area contributed by atoms with Crippen molar-refractivity contribution in [3.63, 3.8) is 0 Å². The van der Waals surface area contributed by atoms with Crippen LogP contribution in [0.1, 0.15) is 46.0 Å². The molecule has 1 aliphatic rings. The second kappa shape index (κ2) is 6.39. The van der Waals surface area contributed by atoms with Crippen molar-refractivity contribution in [2.45, 2.75) is 57.4 Å². The zero-order chi connectivity index (χ0) is 10.4. The molecule has 1 nitrogen and oxygen atoms in total. The highest BCUT2D eigenvalue weighted by Crippen LogP contribution is 2.27. The quantitative estimate of drug-likeness (QED) is 0.638. The van der Waals surface area contributed by atoms with Crippen LogP contribution < -0.4 is 0 Å². The summed E-state index contributed by atoms with van der Waals surface area (Å²) in [7, 11) is 0. The predicted molar refractivity (Wildman–Crippen MR) is 66.5 cm³/mol. The molecular weight excluding hydrogens is 190 g/mol. The van der Waals surface area contributed by atoms with Crippen LogP contribution in [-0.2, 0) is 0 Å². The van der Waals surface area contributed by atoms with Gasteiger partial charge in [-0.1, -0.05) is 32.8 Å². The summed E-state index contributed by atoms with van der Waals surface area (Å²) in [4.78, 5) is 2.47. The lowest BCUT2D eigenvalue weighted by molar-refractivity contribution is 0.213. The van der Waals surface area contributed by atoms with Crippen molar-refractivity contribution in [1.82, 2.24) is 4.90 Å². The molecular formula is C12H23NS. The molecule has 0 heterocycles. The molecule has 2 heteroatoms. The number of nitrogens with zero attached hydrogens (tertiary/aromatic N) is 1. The van der Waals surface area contributed by atoms with Crippen LogP contribution in [0, 0.1) is 0 Å². The largest absolute Gasteiger partial charge is 0.364 e. The Labute approximate surface area is 92.9 Å². The Hall–Kier alpha value is -0.110. The van der Waals surface area contributed by atoms with E-state index in [1.807, 2.05) is 18.0 Å². The molecule has 1 unspecified atom stereocenters. The van der Waals surface area contributed by atoms with Gasteiger partial charge in [-0.3, -0.25) is 0 Å². The van der Waals surface area contributed by atoms with Crippen molar-refractivity contribution in [3.8, 4) is 0 Å². The number of hydrogen-bond acceptors (Lipinski definition) is 2. The summed E-state index contributed by atoms with van der Waals surface area (Å²) in [6.07, 6.45) is 9.00. The summed E-state index contributed by atoms with van der Waals surface area (Å²) in [5.74, 6) is 1.19. The minimum atomic E-state index is 0.598. The van der Waals surface area contributed by atoms with E-state index in [1.165, 1.54) is 37.9 Å². The fourth-order valence-corrected chi connectivity index (χ4v) is 3.21. The molecule has 1 saturated carbocycles. The Kier molecular flexibility index (Phi) is 5.46. The third kappa shape index (κ3) is 3.23. The van der Waals surface area contributed by atoms with Gasteiger partial charge in [-0.25, -0.2) is 0 Å². The van der Waals surface area contributed by atoms with Gasteiger partial charge in [-0.05, 0) is 31.7 Å². The van der Waals surface area contributed by atoms with E-state index in [1.54, 1.807) is 0 Å². The van der Waals surface area contributed by atoms with Crippen LogP contribution in [0.25, 0.3) is 0 Å². The van der Waals surface area contributed by atoms with Gasteiger partial charge in [0.25, 0.3) is 0 Å². The van der Waals surface area contributed by atoms with E-state index in [0.717, 1.165) is 6.04 Å². The SMILES string of the molecule is C=CN(C1CCCCC1)C(C)SCC. The zero-order valence-corrected chi connectivity index (χ0v) is 10.4. The van der Waals surface area contributed by atoms with Crippen molar-refractivity contribution >= 4 is 11.8 Å². The Morgan fingerprint density at radius 1 is 1.43 bits per heavy atom. The lowest BCUT2D eigenvalue weighted by atomic mass is 9.94. The zero-order valence-electron chi connectivity index (χ0n) is 9.54. The minimum absolute atomic E-state index is 0.598. The highest BCUT2D eigenvalue weighted by Gasteiger charge is 2.21. The topological polar surface area (TPSA) is 3.24 Å². The summed E-state index contributed by atoms with van der Waals surface area (Å²) in [6.45, 7) is 8.47. The molecule has 0 aromatic heterocycles. The van der Waals surface area contributed by atoms with Crippen molar-refractivity contribution in [2.75, 3.05) is 5.75 Å². The number of rotatable bonds is 5. The molecule has 0 bridgehead atoms. The first kappa shape index (κ1) is 12.0. The third-order valence-corrected chi connectivity index (χ3v) is 4.09. The standard InChI is InChI=1S/C12H23NS/c1-4-13(11(3)14-5-2)12-9-7-6-8-10-12/h4,11-12H,1,5-10H2,2-3H3. The summed E-state index contributed by atoms with van der Waals surface area (Å²) >= 11 is 2.01. The van der Waals surface area contributed by atoms with E-state index in [2.05, 4.69) is 25.3 Å². The molecule has 0 radical (unpaired) electrons. The number of hydrogen-bond donors (Lipinski definition) is 0. The van der Waals surface area contributed by atoms with E-state index in [0.29, 0.717) is 5.37 Å². The van der Waals surface area contributed by atoms with Crippen LogP contribution in [-0.4, -0.2) is 22.1 Å². The molecule has 0 aromatic carbocycles. The van der Waals surface area contributed by atoms with Gasteiger partial charge in [0.2, 0.25) is 0 Å². The Bertz CT molecular complexity index is 164. The monoisotopic (exact) mass is 213 g/mol. The van der Waals surface area contributed by atoms with Crippen LogP contribution in [0.5, 0.6) is 0 Å². The van der Waals surface area contributed by atoms with Gasteiger partial charge in [-0.2, -0.15) is 0 Å². The normalized spacial score (nSPS) is 20.4. The van der Waals surface area contributed by atoms with Gasteiger partial charge in [0.05, 0.1) is 5.37 Å². The highest BCUT2D eigenvalue weighted by atomic mass is 32.2. The van der Waals surface area contributed by atoms with Gasteiger partial charge in [0.1, 0.15) is 0 Å². The maximum atomic E-state index is 3.95. The second-order valence-electron chi connectivity index (χ2n) is 3.98. The fourth-order valence-electron chi connectivity index (χ4n) is 2.30. The minimum Gasteiger partial charge on any atom is -0.364 e.